The zero-order chi connectivity index (χ0) is 14.8. The van der Waals surface area contributed by atoms with Crippen molar-refractivity contribution in [1.29, 1.82) is 0 Å². The van der Waals surface area contributed by atoms with Crippen LogP contribution >= 0.6 is 0 Å². The highest BCUT2D eigenvalue weighted by Crippen LogP contribution is 2.28. The van der Waals surface area contributed by atoms with Gasteiger partial charge in [0.15, 0.2) is 6.61 Å². The number of anilines is 2. The smallest absolute Gasteiger partial charge is 0.262 e. The number of carbonyl (C=O) groups excluding carboxylic acids is 1. The molecule has 1 aliphatic heterocycles. The number of rotatable bonds is 3. The minimum Gasteiger partial charge on any atom is -0.482 e. The molecule has 1 aromatic heterocycles. The molecule has 1 aliphatic rings. The lowest BCUT2D eigenvalue weighted by Gasteiger charge is -2.18. The third-order valence-electron chi connectivity index (χ3n) is 3.26. The molecule has 0 spiro atoms. The van der Waals surface area contributed by atoms with Crippen molar-refractivity contribution >= 4 is 17.3 Å². The molecule has 0 saturated heterocycles. The van der Waals surface area contributed by atoms with Crippen LogP contribution in [0.4, 0.5) is 11.4 Å². The highest BCUT2D eigenvalue weighted by atomic mass is 16.5. The van der Waals surface area contributed by atoms with Crippen LogP contribution in [0.5, 0.6) is 5.75 Å². The number of fused-ring (bicyclic) bond motifs is 1. The highest BCUT2D eigenvalue weighted by molar-refractivity contribution is 5.95. The van der Waals surface area contributed by atoms with E-state index in [0.29, 0.717) is 18.0 Å². The van der Waals surface area contributed by atoms with Gasteiger partial charge in [-0.15, -0.1) is 0 Å². The Balaban J connectivity index is 1.73. The lowest BCUT2D eigenvalue weighted by Crippen LogP contribution is -2.25. The standard InChI is InChI=1S/C15H15N3O3/c1-18-8-11(3-5-15(18)20)16-7-10-2-4-13-12(6-10)17-14(19)9-21-13/h2-6,8,16H,7,9H2,1H3,(H,17,19). The van der Waals surface area contributed by atoms with Crippen LogP contribution in [0.15, 0.2) is 41.3 Å². The molecule has 0 atom stereocenters. The van der Waals surface area contributed by atoms with E-state index < -0.39 is 0 Å². The van der Waals surface area contributed by atoms with E-state index in [4.69, 9.17) is 4.74 Å². The first-order chi connectivity index (χ1) is 10.1. The van der Waals surface area contributed by atoms with E-state index in [1.807, 2.05) is 18.2 Å². The van der Waals surface area contributed by atoms with Gasteiger partial charge in [-0.25, -0.2) is 0 Å². The predicted molar refractivity (Wildman–Crippen MR) is 79.6 cm³/mol. The van der Waals surface area contributed by atoms with Gasteiger partial charge in [0.1, 0.15) is 5.75 Å². The van der Waals surface area contributed by atoms with Crippen molar-refractivity contribution in [3.63, 3.8) is 0 Å². The molecule has 108 valence electrons. The van der Waals surface area contributed by atoms with E-state index in [2.05, 4.69) is 10.6 Å². The van der Waals surface area contributed by atoms with Crippen LogP contribution in [0.3, 0.4) is 0 Å². The number of hydrogen-bond acceptors (Lipinski definition) is 4. The topological polar surface area (TPSA) is 72.4 Å². The van der Waals surface area contributed by atoms with Crippen molar-refractivity contribution < 1.29 is 9.53 Å². The molecule has 3 rings (SSSR count). The molecule has 0 aliphatic carbocycles. The third kappa shape index (κ3) is 2.89. The van der Waals surface area contributed by atoms with Gasteiger partial charge in [0.05, 0.1) is 11.4 Å². The largest absolute Gasteiger partial charge is 0.482 e. The minimum atomic E-state index is -0.148. The van der Waals surface area contributed by atoms with Crippen LogP contribution < -0.4 is 20.9 Å². The fraction of sp³-hybridized carbons (Fsp3) is 0.200. The Bertz CT molecular complexity index is 752. The summed E-state index contributed by atoms with van der Waals surface area (Å²) < 4.78 is 6.83. The number of carbonyl (C=O) groups is 1. The maximum Gasteiger partial charge on any atom is 0.262 e. The van der Waals surface area contributed by atoms with Crippen LogP contribution in [0.1, 0.15) is 5.56 Å². The molecule has 0 fully saturated rings. The second-order valence-electron chi connectivity index (χ2n) is 4.89. The minimum absolute atomic E-state index is 0.0470. The molecular formula is C15H15N3O3. The highest BCUT2D eigenvalue weighted by Gasteiger charge is 2.15. The lowest BCUT2D eigenvalue weighted by molar-refractivity contribution is -0.118. The van der Waals surface area contributed by atoms with E-state index in [9.17, 15) is 9.59 Å². The van der Waals surface area contributed by atoms with Gasteiger partial charge in [0.2, 0.25) is 5.56 Å². The quantitative estimate of drug-likeness (QED) is 0.892. The summed E-state index contributed by atoms with van der Waals surface area (Å²) >= 11 is 0. The number of nitrogens with one attached hydrogen (secondary N) is 2. The van der Waals surface area contributed by atoms with Crippen LogP contribution in [-0.4, -0.2) is 17.1 Å². The molecule has 2 heterocycles. The van der Waals surface area contributed by atoms with Gasteiger partial charge in [-0.2, -0.15) is 0 Å². The summed E-state index contributed by atoms with van der Waals surface area (Å²) in [5.41, 5.74) is 2.50. The third-order valence-corrected chi connectivity index (χ3v) is 3.26. The van der Waals surface area contributed by atoms with Crippen LogP contribution in [0.2, 0.25) is 0 Å². The summed E-state index contributed by atoms with van der Waals surface area (Å²) in [6.45, 7) is 0.643. The van der Waals surface area contributed by atoms with Crippen molar-refractivity contribution in [3.05, 3.63) is 52.4 Å². The maximum absolute atomic E-state index is 11.3. The van der Waals surface area contributed by atoms with E-state index >= 15 is 0 Å². The van der Waals surface area contributed by atoms with Crippen molar-refractivity contribution in [2.45, 2.75) is 6.54 Å². The first-order valence-electron chi connectivity index (χ1n) is 6.58. The zero-order valence-corrected chi connectivity index (χ0v) is 11.6. The van der Waals surface area contributed by atoms with Crippen molar-refractivity contribution in [1.82, 2.24) is 4.57 Å². The van der Waals surface area contributed by atoms with Gasteiger partial charge in [0.25, 0.3) is 5.91 Å². The predicted octanol–water partition coefficient (Wildman–Crippen LogP) is 1.33. The number of aryl methyl sites for hydroxylation is 1. The second-order valence-corrected chi connectivity index (χ2v) is 4.89. The molecular weight excluding hydrogens is 270 g/mol. The summed E-state index contributed by atoms with van der Waals surface area (Å²) in [6.07, 6.45) is 1.74. The Morgan fingerprint density at radius 2 is 2.14 bits per heavy atom. The van der Waals surface area contributed by atoms with Crippen LogP contribution in [0, 0.1) is 0 Å². The van der Waals surface area contributed by atoms with Gasteiger partial charge >= 0.3 is 0 Å². The van der Waals surface area contributed by atoms with Gasteiger partial charge < -0.3 is 19.9 Å². The van der Waals surface area contributed by atoms with E-state index in [-0.39, 0.29) is 18.1 Å². The van der Waals surface area contributed by atoms with Crippen LogP contribution in [-0.2, 0) is 18.4 Å². The van der Waals surface area contributed by atoms with E-state index in [1.165, 1.54) is 10.6 Å². The molecule has 0 radical (unpaired) electrons. The van der Waals surface area contributed by atoms with Crippen molar-refractivity contribution in [2.75, 3.05) is 17.2 Å². The fourth-order valence-corrected chi connectivity index (χ4v) is 2.14. The molecule has 6 nitrogen and oxygen atoms in total. The average molecular weight is 285 g/mol. The molecule has 21 heavy (non-hydrogen) atoms. The molecule has 0 bridgehead atoms. The molecule has 6 heteroatoms. The van der Waals surface area contributed by atoms with Gasteiger partial charge in [-0.1, -0.05) is 6.07 Å². The molecule has 2 N–H and O–H groups in total. The number of pyridine rings is 1. The summed E-state index contributed by atoms with van der Waals surface area (Å²) in [7, 11) is 1.71. The molecule has 1 amide bonds. The number of amides is 1. The normalized spacial score (nSPS) is 13.1. The van der Waals surface area contributed by atoms with Crippen molar-refractivity contribution in [3.8, 4) is 5.75 Å². The molecule has 0 unspecified atom stereocenters. The Kier molecular flexibility index (Phi) is 3.35. The second kappa shape index (κ2) is 5.32. The number of benzene rings is 1. The molecule has 0 saturated carbocycles. The fourth-order valence-electron chi connectivity index (χ4n) is 2.14. The van der Waals surface area contributed by atoms with Crippen LogP contribution in [0.25, 0.3) is 0 Å². The number of hydrogen-bond donors (Lipinski definition) is 2. The summed E-state index contributed by atoms with van der Waals surface area (Å²) in [6, 6.07) is 8.91. The van der Waals surface area contributed by atoms with Crippen molar-refractivity contribution in [2.24, 2.45) is 7.05 Å². The number of aromatic nitrogens is 1. The summed E-state index contributed by atoms with van der Waals surface area (Å²) in [4.78, 5) is 22.6. The first kappa shape index (κ1) is 13.2. The van der Waals surface area contributed by atoms with Gasteiger partial charge in [-0.3, -0.25) is 9.59 Å². The number of ether oxygens (including phenoxy) is 1. The first-order valence-corrected chi connectivity index (χ1v) is 6.58. The Hall–Kier alpha value is -2.76. The zero-order valence-electron chi connectivity index (χ0n) is 11.6. The Morgan fingerprint density at radius 1 is 1.29 bits per heavy atom. The van der Waals surface area contributed by atoms with E-state index in [1.54, 1.807) is 19.3 Å². The molecule has 2 aromatic rings. The summed E-state index contributed by atoms with van der Waals surface area (Å²) in [5, 5.41) is 6.01. The Labute approximate surface area is 121 Å². The lowest BCUT2D eigenvalue weighted by atomic mass is 10.1. The Morgan fingerprint density at radius 3 is 2.95 bits per heavy atom. The van der Waals surface area contributed by atoms with Gasteiger partial charge in [-0.05, 0) is 23.8 Å². The average Bonchev–Trinajstić information content (AvgIpc) is 2.48. The SMILES string of the molecule is Cn1cc(NCc2ccc3c(c2)NC(=O)CO3)ccc1=O. The van der Waals surface area contributed by atoms with E-state index in [0.717, 1.165) is 11.3 Å². The molecule has 1 aromatic carbocycles. The maximum atomic E-state index is 11.3. The number of nitrogens with zero attached hydrogens (tertiary/aromatic N) is 1. The van der Waals surface area contributed by atoms with Gasteiger partial charge in [0, 0.05) is 25.9 Å². The summed E-state index contributed by atoms with van der Waals surface area (Å²) in [5.74, 6) is 0.533. The monoisotopic (exact) mass is 285 g/mol.